The largest absolute Gasteiger partial charge is 0.573 e. The lowest BCUT2D eigenvalue weighted by atomic mass is 10.1. The molecule has 30 heavy (non-hydrogen) atoms. The quantitative estimate of drug-likeness (QED) is 0.556. The van der Waals surface area contributed by atoms with Gasteiger partial charge in [0.1, 0.15) is 5.75 Å². The van der Waals surface area contributed by atoms with Crippen LogP contribution in [0.15, 0.2) is 54.6 Å². The molecule has 0 aliphatic carbocycles. The highest BCUT2D eigenvalue weighted by Crippen LogP contribution is 2.27. The average molecular weight is 419 g/mol. The zero-order valence-electron chi connectivity index (χ0n) is 15.4. The number of amides is 4. The maximum absolute atomic E-state index is 12.5. The number of nitrogens with one attached hydrogen (secondary N) is 2. The number of halogens is 3. The van der Waals surface area contributed by atoms with Crippen molar-refractivity contribution >= 4 is 29.6 Å². The van der Waals surface area contributed by atoms with E-state index in [1.807, 2.05) is 0 Å². The summed E-state index contributed by atoms with van der Waals surface area (Å²) in [5, 5.41) is 4.99. The van der Waals surface area contributed by atoms with Crippen molar-refractivity contribution in [2.24, 2.45) is 0 Å². The Morgan fingerprint density at radius 3 is 2.63 bits per heavy atom. The van der Waals surface area contributed by atoms with Crippen molar-refractivity contribution in [1.82, 2.24) is 10.2 Å². The lowest BCUT2D eigenvalue weighted by Crippen LogP contribution is -2.30. The molecule has 1 fully saturated rings. The summed E-state index contributed by atoms with van der Waals surface area (Å²) in [6.45, 7) is -0.00798. The van der Waals surface area contributed by atoms with Crippen LogP contribution in [-0.4, -0.2) is 35.7 Å². The molecule has 1 aliphatic heterocycles. The van der Waals surface area contributed by atoms with Gasteiger partial charge in [-0.1, -0.05) is 30.3 Å². The number of ether oxygens (including phenoxy) is 1. The van der Waals surface area contributed by atoms with E-state index < -0.39 is 24.1 Å². The third-order valence-electron chi connectivity index (χ3n) is 4.03. The Morgan fingerprint density at radius 2 is 1.93 bits per heavy atom. The molecule has 1 aliphatic rings. The normalized spacial score (nSPS) is 14.2. The van der Waals surface area contributed by atoms with Crippen molar-refractivity contribution in [3.8, 4) is 5.75 Å². The number of anilines is 1. The third kappa shape index (κ3) is 5.60. The number of hydrogen-bond donors (Lipinski definition) is 2. The molecular formula is C20H16F3N3O4. The van der Waals surface area contributed by atoms with Gasteiger partial charge >= 0.3 is 12.4 Å². The molecule has 4 amide bonds. The highest BCUT2D eigenvalue weighted by Gasteiger charge is 2.31. The predicted molar refractivity (Wildman–Crippen MR) is 101 cm³/mol. The summed E-state index contributed by atoms with van der Waals surface area (Å²) < 4.78 is 41.3. The number of hydrogen-bond acceptors (Lipinski definition) is 4. The van der Waals surface area contributed by atoms with Crippen LogP contribution >= 0.6 is 0 Å². The minimum absolute atomic E-state index is 0.0480. The number of para-hydroxylation sites is 1. The van der Waals surface area contributed by atoms with E-state index in [0.717, 1.165) is 17.0 Å². The van der Waals surface area contributed by atoms with Crippen LogP contribution in [0, 0.1) is 0 Å². The van der Waals surface area contributed by atoms with Crippen LogP contribution in [0.5, 0.6) is 5.75 Å². The minimum atomic E-state index is -4.85. The third-order valence-corrected chi connectivity index (χ3v) is 4.03. The molecule has 0 spiro atoms. The van der Waals surface area contributed by atoms with Gasteiger partial charge in [0.05, 0.1) is 13.1 Å². The van der Waals surface area contributed by atoms with Gasteiger partial charge in [-0.15, -0.1) is 13.2 Å². The molecule has 0 aromatic heterocycles. The van der Waals surface area contributed by atoms with E-state index >= 15 is 0 Å². The lowest BCUT2D eigenvalue weighted by molar-refractivity contribution is -0.274. The van der Waals surface area contributed by atoms with Crippen LogP contribution in [0.1, 0.15) is 11.1 Å². The van der Waals surface area contributed by atoms with Gasteiger partial charge in [-0.25, -0.2) is 4.79 Å². The second kappa shape index (κ2) is 8.68. The van der Waals surface area contributed by atoms with E-state index in [1.165, 1.54) is 24.3 Å². The number of nitrogens with zero attached hydrogens (tertiary/aromatic N) is 1. The Labute approximate surface area is 169 Å². The molecule has 3 rings (SSSR count). The number of carbonyl (C=O) groups is 3. The molecule has 1 heterocycles. The summed E-state index contributed by atoms with van der Waals surface area (Å²) in [4.78, 5) is 36.5. The zero-order chi connectivity index (χ0) is 21.7. The Balaban J connectivity index is 1.66. The van der Waals surface area contributed by atoms with Crippen LogP contribution < -0.4 is 15.4 Å². The first kappa shape index (κ1) is 20.9. The van der Waals surface area contributed by atoms with Crippen molar-refractivity contribution in [3.63, 3.8) is 0 Å². The Kier molecular flexibility index (Phi) is 6.05. The van der Waals surface area contributed by atoms with Crippen LogP contribution in [-0.2, 0) is 16.1 Å². The molecule has 0 saturated carbocycles. The van der Waals surface area contributed by atoms with Gasteiger partial charge in [-0.2, -0.15) is 0 Å². The monoisotopic (exact) mass is 419 g/mol. The van der Waals surface area contributed by atoms with Gasteiger partial charge in [0.15, 0.2) is 0 Å². The summed E-state index contributed by atoms with van der Waals surface area (Å²) in [6.07, 6.45) is -2.57. The van der Waals surface area contributed by atoms with Gasteiger partial charge in [0, 0.05) is 17.3 Å². The van der Waals surface area contributed by atoms with E-state index in [9.17, 15) is 27.6 Å². The van der Waals surface area contributed by atoms with Crippen LogP contribution in [0.4, 0.5) is 23.7 Å². The molecule has 156 valence electrons. The van der Waals surface area contributed by atoms with Crippen molar-refractivity contribution in [1.29, 1.82) is 0 Å². The summed E-state index contributed by atoms with van der Waals surface area (Å²) in [6, 6.07) is 11.4. The second-order valence-corrected chi connectivity index (χ2v) is 6.25. The zero-order valence-corrected chi connectivity index (χ0v) is 15.4. The molecule has 7 nitrogen and oxygen atoms in total. The predicted octanol–water partition coefficient (Wildman–Crippen LogP) is 3.29. The number of imide groups is 1. The first-order chi connectivity index (χ1) is 14.2. The fourth-order valence-electron chi connectivity index (χ4n) is 2.73. The summed E-state index contributed by atoms with van der Waals surface area (Å²) in [5.74, 6) is -1.36. The summed E-state index contributed by atoms with van der Waals surface area (Å²) in [7, 11) is 0. The SMILES string of the molecule is O=C(/C=C/c1ccccc1OC(F)(F)F)Nc1cccc(CN2C(=O)CNC2=O)c1. The molecule has 0 radical (unpaired) electrons. The number of rotatable bonds is 6. The Bertz CT molecular complexity index is 989. The van der Waals surface area contributed by atoms with Crippen LogP contribution in [0.2, 0.25) is 0 Å². The minimum Gasteiger partial charge on any atom is -0.405 e. The maximum Gasteiger partial charge on any atom is 0.573 e. The molecule has 1 saturated heterocycles. The summed E-state index contributed by atoms with van der Waals surface area (Å²) in [5.41, 5.74) is 1.09. The summed E-state index contributed by atoms with van der Waals surface area (Å²) >= 11 is 0. The van der Waals surface area contributed by atoms with Gasteiger partial charge in [0.25, 0.3) is 0 Å². The second-order valence-electron chi connectivity index (χ2n) is 6.25. The van der Waals surface area contributed by atoms with Crippen molar-refractivity contribution in [2.75, 3.05) is 11.9 Å². The molecule has 0 unspecified atom stereocenters. The Hall–Kier alpha value is -3.82. The van der Waals surface area contributed by atoms with Crippen molar-refractivity contribution in [2.45, 2.75) is 12.9 Å². The van der Waals surface area contributed by atoms with Gasteiger partial charge in [-0.05, 0) is 29.8 Å². The topological polar surface area (TPSA) is 87.7 Å². The highest BCUT2D eigenvalue weighted by molar-refractivity contribution is 6.03. The van der Waals surface area contributed by atoms with Crippen LogP contribution in [0.3, 0.4) is 0 Å². The lowest BCUT2D eigenvalue weighted by Gasteiger charge is -2.13. The van der Waals surface area contributed by atoms with E-state index in [2.05, 4.69) is 15.4 Å². The van der Waals surface area contributed by atoms with Gasteiger partial charge < -0.3 is 15.4 Å². The van der Waals surface area contributed by atoms with E-state index in [-0.39, 0.29) is 24.6 Å². The van der Waals surface area contributed by atoms with Gasteiger partial charge in [0.2, 0.25) is 11.8 Å². The smallest absolute Gasteiger partial charge is 0.405 e. The Morgan fingerprint density at radius 1 is 1.17 bits per heavy atom. The average Bonchev–Trinajstić information content (AvgIpc) is 2.98. The van der Waals surface area contributed by atoms with E-state index in [1.54, 1.807) is 24.3 Å². The molecule has 10 heteroatoms. The standard InChI is InChI=1S/C20H16F3N3O4/c21-20(22,23)30-16-7-2-1-5-14(16)8-9-17(27)25-15-6-3-4-13(10-15)12-26-18(28)11-24-19(26)29/h1-10H,11-12H2,(H,24,29)(H,25,27)/b9-8+. The molecule has 0 bridgehead atoms. The molecule has 2 N–H and O–H groups in total. The van der Waals surface area contributed by atoms with Crippen molar-refractivity contribution in [3.05, 3.63) is 65.7 Å². The van der Waals surface area contributed by atoms with Crippen molar-refractivity contribution < 1.29 is 32.3 Å². The first-order valence-electron chi connectivity index (χ1n) is 8.72. The van der Waals surface area contributed by atoms with E-state index in [4.69, 9.17) is 0 Å². The number of urea groups is 1. The maximum atomic E-state index is 12.5. The molecule has 0 atom stereocenters. The van der Waals surface area contributed by atoms with Gasteiger partial charge in [-0.3, -0.25) is 14.5 Å². The van der Waals surface area contributed by atoms with Crippen LogP contribution in [0.25, 0.3) is 6.08 Å². The van der Waals surface area contributed by atoms with E-state index in [0.29, 0.717) is 11.3 Å². The molecule has 2 aromatic rings. The fraction of sp³-hybridized carbons (Fsp3) is 0.150. The molecule has 2 aromatic carbocycles. The highest BCUT2D eigenvalue weighted by atomic mass is 19.4. The first-order valence-corrected chi connectivity index (χ1v) is 8.72. The number of benzene rings is 2. The number of alkyl halides is 3. The number of carbonyl (C=O) groups excluding carboxylic acids is 3. The fourth-order valence-corrected chi connectivity index (χ4v) is 2.73. The molecular weight excluding hydrogens is 403 g/mol.